The minimum absolute atomic E-state index is 0.145. The lowest BCUT2D eigenvalue weighted by molar-refractivity contribution is -0.385. The Bertz CT molecular complexity index is 1170. The molecule has 0 saturated heterocycles. The zero-order valence-electron chi connectivity index (χ0n) is 14.0. The molecule has 0 spiro atoms. The van der Waals surface area contributed by atoms with Gasteiger partial charge in [0.05, 0.1) is 21.6 Å². The third-order valence-corrected chi connectivity index (χ3v) is 4.12. The smallest absolute Gasteiger partial charge is 0.270 e. The first-order chi connectivity index (χ1) is 13.1. The van der Waals surface area contributed by atoms with Crippen LogP contribution in [-0.2, 0) is 0 Å². The zero-order chi connectivity index (χ0) is 18.8. The van der Waals surface area contributed by atoms with Crippen LogP contribution in [0.1, 0.15) is 5.56 Å². The van der Waals surface area contributed by atoms with E-state index in [1.807, 2.05) is 47.0 Å². The van der Waals surface area contributed by atoms with E-state index in [2.05, 4.69) is 9.98 Å². The second-order valence-electron chi connectivity index (χ2n) is 5.86. The van der Waals surface area contributed by atoms with Crippen molar-refractivity contribution in [2.45, 2.75) is 0 Å². The molecule has 0 atom stereocenters. The second-order valence-corrected chi connectivity index (χ2v) is 5.86. The minimum Gasteiger partial charge on any atom is -0.872 e. The highest BCUT2D eigenvalue weighted by Crippen LogP contribution is 2.24. The molecule has 0 fully saturated rings. The number of fused-ring (bicyclic) bond motifs is 1. The molecule has 0 saturated carbocycles. The third kappa shape index (κ3) is 3.25. The lowest BCUT2D eigenvalue weighted by Gasteiger charge is -2.08. The van der Waals surface area contributed by atoms with E-state index in [9.17, 15) is 15.2 Å². The molecular formula is C20H13N4O3-. The molecule has 1 aromatic heterocycles. The molecule has 4 aromatic rings. The number of para-hydroxylation sites is 1. The number of hydrogen-bond donors (Lipinski definition) is 0. The number of non-ortho nitro benzene ring substituents is 1. The van der Waals surface area contributed by atoms with Gasteiger partial charge in [0.2, 0.25) is 0 Å². The molecule has 0 aliphatic carbocycles. The lowest BCUT2D eigenvalue weighted by atomic mass is 10.2. The summed E-state index contributed by atoms with van der Waals surface area (Å²) in [5, 5.41) is 22.7. The summed E-state index contributed by atoms with van der Waals surface area (Å²) in [7, 11) is 0. The number of nitro groups is 1. The van der Waals surface area contributed by atoms with E-state index in [0.717, 1.165) is 16.7 Å². The summed E-state index contributed by atoms with van der Waals surface area (Å²) in [6.07, 6.45) is 3.08. The van der Waals surface area contributed by atoms with E-state index in [1.54, 1.807) is 12.4 Å². The van der Waals surface area contributed by atoms with Crippen LogP contribution < -0.4 is 5.11 Å². The molecule has 0 N–H and O–H groups in total. The SMILES string of the molecule is O=[N+]([O-])c1ccc([O-])c(C=Nc2ccc3c(c2)ncn3-c2ccccc2)c1. The lowest BCUT2D eigenvalue weighted by Crippen LogP contribution is -1.98. The number of nitro benzene ring substituents is 1. The summed E-state index contributed by atoms with van der Waals surface area (Å²) < 4.78 is 1.97. The van der Waals surface area contributed by atoms with Gasteiger partial charge in [0.1, 0.15) is 6.33 Å². The van der Waals surface area contributed by atoms with Crippen LogP contribution in [0.2, 0.25) is 0 Å². The summed E-state index contributed by atoms with van der Waals surface area (Å²) >= 11 is 0. The summed E-state index contributed by atoms with van der Waals surface area (Å²) in [5.74, 6) is -0.321. The van der Waals surface area contributed by atoms with Crippen LogP contribution in [0, 0.1) is 10.1 Å². The maximum Gasteiger partial charge on any atom is 0.270 e. The zero-order valence-corrected chi connectivity index (χ0v) is 14.0. The topological polar surface area (TPSA) is 96.4 Å². The maximum absolute atomic E-state index is 11.9. The third-order valence-electron chi connectivity index (χ3n) is 4.12. The standard InChI is InChI=1S/C20H14N4O3/c25-20-9-7-17(24(26)27)10-14(20)12-21-15-6-8-19-18(11-15)22-13-23(19)16-4-2-1-3-5-16/h1-13,25H/p-1. The monoisotopic (exact) mass is 357 g/mol. The average molecular weight is 357 g/mol. The van der Waals surface area contributed by atoms with E-state index >= 15 is 0 Å². The predicted octanol–water partition coefficient (Wildman–Crippen LogP) is 3.76. The first-order valence-corrected chi connectivity index (χ1v) is 8.14. The Labute approximate surface area is 154 Å². The Hall–Kier alpha value is -4.00. The van der Waals surface area contributed by atoms with Crippen molar-refractivity contribution < 1.29 is 10.0 Å². The number of benzene rings is 3. The number of rotatable bonds is 4. The van der Waals surface area contributed by atoms with Crippen molar-refractivity contribution in [3.8, 4) is 11.4 Å². The van der Waals surface area contributed by atoms with Crippen molar-refractivity contribution in [1.82, 2.24) is 9.55 Å². The van der Waals surface area contributed by atoms with Gasteiger partial charge in [-0.3, -0.25) is 19.7 Å². The highest BCUT2D eigenvalue weighted by molar-refractivity contribution is 5.87. The van der Waals surface area contributed by atoms with Gasteiger partial charge in [0.25, 0.3) is 5.69 Å². The van der Waals surface area contributed by atoms with Gasteiger partial charge in [0, 0.05) is 24.0 Å². The van der Waals surface area contributed by atoms with Gasteiger partial charge in [-0.05, 0) is 35.9 Å². The summed E-state index contributed by atoms with van der Waals surface area (Å²) in [6.45, 7) is 0. The van der Waals surface area contributed by atoms with Crippen molar-refractivity contribution in [3.63, 3.8) is 0 Å². The van der Waals surface area contributed by atoms with Crippen LogP contribution in [0.4, 0.5) is 11.4 Å². The fraction of sp³-hybridized carbons (Fsp3) is 0. The first kappa shape index (κ1) is 16.5. The molecule has 0 bridgehead atoms. The molecule has 1 heterocycles. The quantitative estimate of drug-likeness (QED) is 0.315. The Morgan fingerprint density at radius 2 is 1.85 bits per heavy atom. The molecule has 0 radical (unpaired) electrons. The molecule has 132 valence electrons. The highest BCUT2D eigenvalue weighted by atomic mass is 16.6. The van der Waals surface area contributed by atoms with E-state index < -0.39 is 4.92 Å². The molecule has 3 aromatic carbocycles. The largest absolute Gasteiger partial charge is 0.872 e. The fourth-order valence-corrected chi connectivity index (χ4v) is 2.77. The Morgan fingerprint density at radius 3 is 2.63 bits per heavy atom. The summed E-state index contributed by atoms with van der Waals surface area (Å²) in [6, 6.07) is 18.9. The van der Waals surface area contributed by atoms with Crippen molar-refractivity contribution in [2.24, 2.45) is 4.99 Å². The molecular weight excluding hydrogens is 344 g/mol. The van der Waals surface area contributed by atoms with Crippen molar-refractivity contribution in [2.75, 3.05) is 0 Å². The van der Waals surface area contributed by atoms with Gasteiger partial charge < -0.3 is 5.11 Å². The number of nitrogens with zero attached hydrogens (tertiary/aromatic N) is 4. The highest BCUT2D eigenvalue weighted by Gasteiger charge is 2.07. The van der Waals surface area contributed by atoms with Crippen LogP contribution in [-0.4, -0.2) is 20.7 Å². The first-order valence-electron chi connectivity index (χ1n) is 8.14. The van der Waals surface area contributed by atoms with Crippen LogP contribution >= 0.6 is 0 Å². The van der Waals surface area contributed by atoms with Crippen LogP contribution in [0.3, 0.4) is 0 Å². The summed E-state index contributed by atoms with van der Waals surface area (Å²) in [4.78, 5) is 19.0. The van der Waals surface area contributed by atoms with Gasteiger partial charge in [0.15, 0.2) is 0 Å². The van der Waals surface area contributed by atoms with Crippen LogP contribution in [0.15, 0.2) is 78.0 Å². The maximum atomic E-state index is 11.9. The van der Waals surface area contributed by atoms with Crippen molar-refractivity contribution >= 4 is 28.6 Å². The number of aromatic nitrogens is 2. The van der Waals surface area contributed by atoms with Crippen LogP contribution in [0.5, 0.6) is 5.75 Å². The Balaban J connectivity index is 1.67. The Kier molecular flexibility index (Phi) is 4.10. The normalized spacial score (nSPS) is 11.3. The molecule has 27 heavy (non-hydrogen) atoms. The molecule has 7 heteroatoms. The van der Waals surface area contributed by atoms with Gasteiger partial charge in [-0.1, -0.05) is 30.0 Å². The summed E-state index contributed by atoms with van der Waals surface area (Å²) in [5.41, 5.74) is 3.32. The number of aliphatic imine (C=N–C) groups is 1. The predicted molar refractivity (Wildman–Crippen MR) is 101 cm³/mol. The van der Waals surface area contributed by atoms with Crippen molar-refractivity contribution in [1.29, 1.82) is 0 Å². The van der Waals surface area contributed by atoms with E-state index in [0.29, 0.717) is 5.69 Å². The van der Waals surface area contributed by atoms with Gasteiger partial charge >= 0.3 is 0 Å². The van der Waals surface area contributed by atoms with E-state index in [1.165, 1.54) is 24.4 Å². The second kappa shape index (κ2) is 6.72. The molecule has 7 nitrogen and oxygen atoms in total. The molecule has 0 aliphatic rings. The minimum atomic E-state index is -0.543. The Morgan fingerprint density at radius 1 is 1.04 bits per heavy atom. The van der Waals surface area contributed by atoms with Gasteiger partial charge in [-0.15, -0.1) is 0 Å². The van der Waals surface area contributed by atoms with Gasteiger partial charge in [-0.25, -0.2) is 4.98 Å². The van der Waals surface area contributed by atoms with Crippen molar-refractivity contribution in [3.05, 3.63) is 88.7 Å². The average Bonchev–Trinajstić information content (AvgIpc) is 3.11. The van der Waals surface area contributed by atoms with Gasteiger partial charge in [-0.2, -0.15) is 0 Å². The number of imidazole rings is 1. The van der Waals surface area contributed by atoms with Crippen LogP contribution in [0.25, 0.3) is 16.7 Å². The fourth-order valence-electron chi connectivity index (χ4n) is 2.77. The molecule has 0 aliphatic heterocycles. The molecule has 0 unspecified atom stereocenters. The molecule has 0 amide bonds. The van der Waals surface area contributed by atoms with E-state index in [4.69, 9.17) is 0 Å². The number of hydrogen-bond acceptors (Lipinski definition) is 5. The van der Waals surface area contributed by atoms with E-state index in [-0.39, 0.29) is 17.0 Å². The molecule has 4 rings (SSSR count).